The number of hydrogen-bond acceptors (Lipinski definition) is 4. The normalized spacial score (nSPS) is 11.6. The Hall–Kier alpha value is -6.43. The molecule has 3 aromatic heterocycles. The van der Waals surface area contributed by atoms with Gasteiger partial charge in [0, 0.05) is 53.3 Å². The van der Waals surface area contributed by atoms with Crippen molar-refractivity contribution < 1.29 is 0 Å². The minimum Gasteiger partial charge on any atom is -0.309 e. The Kier molecular flexibility index (Phi) is 6.86. The molecule has 10 rings (SSSR count). The van der Waals surface area contributed by atoms with Crippen molar-refractivity contribution >= 4 is 53.3 Å². The Morgan fingerprint density at radius 2 is 1.04 bits per heavy atom. The second-order valence-corrected chi connectivity index (χ2v) is 14.0. The summed E-state index contributed by atoms with van der Waals surface area (Å²) < 4.78 is 4.82. The molecule has 0 saturated heterocycles. The van der Waals surface area contributed by atoms with Gasteiger partial charge in [-0.15, -0.1) is 11.3 Å². The van der Waals surface area contributed by atoms with E-state index in [0.29, 0.717) is 17.5 Å². The van der Waals surface area contributed by atoms with E-state index in [4.69, 9.17) is 15.0 Å². The van der Waals surface area contributed by atoms with Crippen molar-refractivity contribution in [2.75, 3.05) is 0 Å². The van der Waals surface area contributed by atoms with E-state index in [1.165, 1.54) is 64.4 Å². The fraction of sp³-hybridized carbons (Fsp3) is 0.0217. The highest BCUT2D eigenvalue weighted by atomic mass is 32.1. The van der Waals surface area contributed by atoms with Gasteiger partial charge in [-0.2, -0.15) is 0 Å². The van der Waals surface area contributed by atoms with Crippen LogP contribution in [0.2, 0.25) is 0 Å². The van der Waals surface area contributed by atoms with Gasteiger partial charge in [0.15, 0.2) is 17.5 Å². The fourth-order valence-corrected chi connectivity index (χ4v) is 8.36. The first-order valence-corrected chi connectivity index (χ1v) is 17.9. The van der Waals surface area contributed by atoms with Gasteiger partial charge < -0.3 is 4.57 Å². The highest BCUT2D eigenvalue weighted by molar-refractivity contribution is 7.26. The van der Waals surface area contributed by atoms with Crippen molar-refractivity contribution in [1.82, 2.24) is 19.5 Å². The molecule has 0 amide bonds. The Labute approximate surface area is 299 Å². The second kappa shape index (κ2) is 11.9. The number of fused-ring (bicyclic) bond motifs is 6. The largest absolute Gasteiger partial charge is 0.309 e. The molecule has 0 radical (unpaired) electrons. The fourth-order valence-electron chi connectivity index (χ4n) is 7.25. The van der Waals surface area contributed by atoms with E-state index in [1.807, 2.05) is 47.7 Å². The van der Waals surface area contributed by atoms with Crippen LogP contribution < -0.4 is 0 Å². The molecule has 0 atom stereocenters. The number of aromatic nitrogens is 4. The Balaban J connectivity index is 1.16. The maximum Gasteiger partial charge on any atom is 0.164 e. The summed E-state index contributed by atoms with van der Waals surface area (Å²) in [6.45, 7) is 2.13. The molecule has 0 spiro atoms. The summed E-state index contributed by atoms with van der Waals surface area (Å²) in [5, 5.41) is 4.86. The predicted octanol–water partition coefficient (Wildman–Crippen LogP) is 12.3. The Morgan fingerprint density at radius 1 is 0.431 bits per heavy atom. The third-order valence-electron chi connectivity index (χ3n) is 9.73. The molecule has 0 aliphatic heterocycles. The molecular weight excluding hydrogens is 641 g/mol. The zero-order chi connectivity index (χ0) is 33.9. The topological polar surface area (TPSA) is 43.6 Å². The van der Waals surface area contributed by atoms with Crippen LogP contribution in [0.15, 0.2) is 164 Å². The van der Waals surface area contributed by atoms with Crippen molar-refractivity contribution in [3.8, 4) is 51.0 Å². The van der Waals surface area contributed by atoms with Crippen molar-refractivity contribution in [1.29, 1.82) is 0 Å². The summed E-state index contributed by atoms with van der Waals surface area (Å²) in [5.41, 5.74) is 10.1. The smallest absolute Gasteiger partial charge is 0.164 e. The van der Waals surface area contributed by atoms with E-state index in [-0.39, 0.29) is 0 Å². The number of thiophene rings is 1. The van der Waals surface area contributed by atoms with Crippen LogP contribution in [0, 0.1) is 6.92 Å². The van der Waals surface area contributed by atoms with Gasteiger partial charge in [-0.25, -0.2) is 15.0 Å². The first-order chi connectivity index (χ1) is 25.2. The summed E-state index contributed by atoms with van der Waals surface area (Å²) in [5.74, 6) is 1.99. The number of nitrogens with zero attached hydrogens (tertiary/aromatic N) is 4. The molecular formula is C46H30N4S. The maximum absolute atomic E-state index is 5.09. The maximum atomic E-state index is 5.09. The van der Waals surface area contributed by atoms with Crippen molar-refractivity contribution in [3.63, 3.8) is 0 Å². The molecule has 0 aliphatic carbocycles. The van der Waals surface area contributed by atoms with Gasteiger partial charge in [0.05, 0.1) is 11.0 Å². The van der Waals surface area contributed by atoms with Crippen molar-refractivity contribution in [2.45, 2.75) is 6.92 Å². The summed E-state index contributed by atoms with van der Waals surface area (Å²) in [6.07, 6.45) is 0. The van der Waals surface area contributed by atoms with Crippen molar-refractivity contribution in [2.24, 2.45) is 0 Å². The molecule has 0 aliphatic rings. The van der Waals surface area contributed by atoms with Gasteiger partial charge in [-0.3, -0.25) is 0 Å². The van der Waals surface area contributed by atoms with Crippen LogP contribution in [0.4, 0.5) is 0 Å². The van der Waals surface area contributed by atoms with Crippen LogP contribution in [0.1, 0.15) is 5.56 Å². The van der Waals surface area contributed by atoms with E-state index < -0.39 is 0 Å². The number of aryl methyl sites for hydroxylation is 1. The minimum atomic E-state index is 0.662. The number of para-hydroxylation sites is 1. The first-order valence-electron chi connectivity index (χ1n) is 17.1. The SMILES string of the molecule is Cc1ccc(-n2c3ccccc3c3cc(-c4ccc5sc6cccc(-c7nc(-c8ccccc8)nc(-c8ccccc8)n7)c6c5c4)ccc32)cc1. The monoisotopic (exact) mass is 670 g/mol. The first kappa shape index (κ1) is 29.5. The molecule has 3 heterocycles. The molecule has 240 valence electrons. The third kappa shape index (κ3) is 5.01. The van der Waals surface area contributed by atoms with E-state index in [0.717, 1.165) is 16.7 Å². The minimum absolute atomic E-state index is 0.662. The predicted molar refractivity (Wildman–Crippen MR) is 214 cm³/mol. The van der Waals surface area contributed by atoms with Crippen LogP contribution in [-0.4, -0.2) is 19.5 Å². The second-order valence-electron chi connectivity index (χ2n) is 13.0. The Morgan fingerprint density at radius 3 is 1.76 bits per heavy atom. The van der Waals surface area contributed by atoms with Gasteiger partial charge in [-0.1, -0.05) is 121 Å². The highest BCUT2D eigenvalue weighted by Crippen LogP contribution is 2.42. The average molecular weight is 671 g/mol. The zero-order valence-electron chi connectivity index (χ0n) is 27.8. The lowest BCUT2D eigenvalue weighted by Crippen LogP contribution is -2.00. The van der Waals surface area contributed by atoms with E-state index >= 15 is 0 Å². The highest BCUT2D eigenvalue weighted by Gasteiger charge is 2.18. The summed E-state index contributed by atoms with van der Waals surface area (Å²) >= 11 is 1.81. The number of benzene rings is 7. The van der Waals surface area contributed by atoms with Gasteiger partial charge in [-0.05, 0) is 66.6 Å². The van der Waals surface area contributed by atoms with Gasteiger partial charge in [0.1, 0.15) is 0 Å². The van der Waals surface area contributed by atoms with Gasteiger partial charge in [0.25, 0.3) is 0 Å². The molecule has 7 aromatic carbocycles. The van der Waals surface area contributed by atoms with Crippen LogP contribution >= 0.6 is 11.3 Å². The lowest BCUT2D eigenvalue weighted by molar-refractivity contribution is 1.08. The molecule has 0 N–H and O–H groups in total. The molecule has 0 bridgehead atoms. The molecule has 51 heavy (non-hydrogen) atoms. The van der Waals surface area contributed by atoms with Crippen LogP contribution in [-0.2, 0) is 0 Å². The van der Waals surface area contributed by atoms with Gasteiger partial charge >= 0.3 is 0 Å². The zero-order valence-corrected chi connectivity index (χ0v) is 28.6. The lowest BCUT2D eigenvalue weighted by atomic mass is 9.99. The number of rotatable bonds is 5. The molecule has 0 saturated carbocycles. The van der Waals surface area contributed by atoms with E-state index in [1.54, 1.807) is 0 Å². The molecule has 4 nitrogen and oxygen atoms in total. The summed E-state index contributed by atoms with van der Waals surface area (Å²) in [4.78, 5) is 15.1. The standard InChI is InChI=1S/C46H30N4S/c1-29-19-23-34(24-20-29)50-39-17-9-8-15-35(39)37-27-32(21-25-40(37)50)33-22-26-41-38(28-33)43-36(16-10-18-42(43)51-41)46-48-44(30-11-4-2-5-12-30)47-45(49-46)31-13-6-3-7-14-31/h2-28H,1H3. The van der Waals surface area contributed by atoms with Crippen LogP contribution in [0.25, 0.3) is 93.0 Å². The quantitative estimate of drug-likeness (QED) is 0.183. The molecule has 0 unspecified atom stereocenters. The lowest BCUT2D eigenvalue weighted by Gasteiger charge is -2.10. The van der Waals surface area contributed by atoms with Gasteiger partial charge in [0.2, 0.25) is 0 Å². The molecule has 0 fully saturated rings. The van der Waals surface area contributed by atoms with E-state index in [9.17, 15) is 0 Å². The molecule has 10 aromatic rings. The summed E-state index contributed by atoms with van der Waals surface area (Å²) in [7, 11) is 0. The van der Waals surface area contributed by atoms with E-state index in [2.05, 4.69) is 139 Å². The van der Waals surface area contributed by atoms with Crippen LogP contribution in [0.5, 0.6) is 0 Å². The Bertz CT molecular complexity index is 2850. The van der Waals surface area contributed by atoms with Crippen LogP contribution in [0.3, 0.4) is 0 Å². The number of hydrogen-bond donors (Lipinski definition) is 0. The molecule has 5 heteroatoms. The summed E-state index contributed by atoms with van der Waals surface area (Å²) in [6, 6.07) is 58.0. The van der Waals surface area contributed by atoms with Crippen molar-refractivity contribution in [3.05, 3.63) is 169 Å². The third-order valence-corrected chi connectivity index (χ3v) is 10.9. The average Bonchev–Trinajstić information content (AvgIpc) is 3.74.